The van der Waals surface area contributed by atoms with Gasteiger partial charge in [0.1, 0.15) is 5.82 Å². The van der Waals surface area contributed by atoms with Crippen molar-refractivity contribution in [1.82, 2.24) is 4.98 Å². The molecule has 1 aromatic heterocycles. The SMILES string of the molecule is COC(=O)c1ccc(Cl)cc1NC(C)c1ccc(F)cn1. The van der Waals surface area contributed by atoms with Gasteiger partial charge in [0, 0.05) is 5.02 Å². The Morgan fingerprint density at radius 1 is 1.38 bits per heavy atom. The molecular formula is C15H14ClFN2O2. The number of benzene rings is 1. The summed E-state index contributed by atoms with van der Waals surface area (Å²) in [6.07, 6.45) is 1.15. The van der Waals surface area contributed by atoms with Crippen molar-refractivity contribution in [3.8, 4) is 0 Å². The lowest BCUT2D eigenvalue weighted by Gasteiger charge is -2.17. The molecule has 21 heavy (non-hydrogen) atoms. The summed E-state index contributed by atoms with van der Waals surface area (Å²) in [7, 11) is 1.31. The average Bonchev–Trinajstić information content (AvgIpc) is 2.47. The third-order valence-corrected chi connectivity index (χ3v) is 3.19. The van der Waals surface area contributed by atoms with E-state index in [0.29, 0.717) is 22.0 Å². The van der Waals surface area contributed by atoms with Crippen molar-refractivity contribution in [3.05, 3.63) is 58.6 Å². The first kappa shape index (κ1) is 15.3. The van der Waals surface area contributed by atoms with Gasteiger partial charge in [-0.15, -0.1) is 0 Å². The van der Waals surface area contributed by atoms with Crippen molar-refractivity contribution in [3.63, 3.8) is 0 Å². The lowest BCUT2D eigenvalue weighted by molar-refractivity contribution is 0.0602. The maximum Gasteiger partial charge on any atom is 0.339 e. The van der Waals surface area contributed by atoms with Crippen LogP contribution in [0.2, 0.25) is 5.02 Å². The number of methoxy groups -OCH3 is 1. The first-order valence-electron chi connectivity index (χ1n) is 6.27. The number of aromatic nitrogens is 1. The smallest absolute Gasteiger partial charge is 0.339 e. The van der Waals surface area contributed by atoms with Crippen molar-refractivity contribution in [2.45, 2.75) is 13.0 Å². The Balaban J connectivity index is 2.27. The maximum absolute atomic E-state index is 12.9. The van der Waals surface area contributed by atoms with Crippen LogP contribution in [-0.2, 0) is 4.74 Å². The predicted octanol–water partition coefficient (Wildman–Crippen LogP) is 3.83. The first-order chi connectivity index (χ1) is 10.0. The number of carbonyl (C=O) groups excluding carboxylic acids is 1. The molecule has 1 heterocycles. The van der Waals surface area contributed by atoms with Gasteiger partial charge < -0.3 is 10.1 Å². The fourth-order valence-electron chi connectivity index (χ4n) is 1.87. The molecule has 2 aromatic rings. The third kappa shape index (κ3) is 3.70. The molecule has 0 bridgehead atoms. The van der Waals surface area contributed by atoms with E-state index in [-0.39, 0.29) is 6.04 Å². The Morgan fingerprint density at radius 3 is 2.76 bits per heavy atom. The van der Waals surface area contributed by atoms with E-state index in [1.807, 2.05) is 6.92 Å². The van der Waals surface area contributed by atoms with Gasteiger partial charge in [0.25, 0.3) is 0 Å². The van der Waals surface area contributed by atoms with Gasteiger partial charge in [-0.3, -0.25) is 4.98 Å². The molecular weight excluding hydrogens is 295 g/mol. The topological polar surface area (TPSA) is 51.2 Å². The molecule has 0 saturated heterocycles. The van der Waals surface area contributed by atoms with Crippen LogP contribution in [-0.4, -0.2) is 18.1 Å². The zero-order valence-electron chi connectivity index (χ0n) is 11.6. The van der Waals surface area contributed by atoms with Crippen LogP contribution >= 0.6 is 11.6 Å². The molecule has 110 valence electrons. The van der Waals surface area contributed by atoms with Gasteiger partial charge >= 0.3 is 5.97 Å². The minimum atomic E-state index is -0.464. The van der Waals surface area contributed by atoms with E-state index in [4.69, 9.17) is 16.3 Å². The van der Waals surface area contributed by atoms with Crippen molar-refractivity contribution in [2.75, 3.05) is 12.4 Å². The number of hydrogen-bond donors (Lipinski definition) is 1. The zero-order chi connectivity index (χ0) is 15.4. The Hall–Kier alpha value is -2.14. The van der Waals surface area contributed by atoms with Gasteiger partial charge in [0.15, 0.2) is 0 Å². The number of ether oxygens (including phenoxy) is 1. The second-order valence-corrected chi connectivity index (χ2v) is 4.89. The summed E-state index contributed by atoms with van der Waals surface area (Å²) in [6.45, 7) is 1.85. The summed E-state index contributed by atoms with van der Waals surface area (Å²) in [4.78, 5) is 15.7. The fraction of sp³-hybridized carbons (Fsp3) is 0.200. The van der Waals surface area contributed by atoms with E-state index in [1.54, 1.807) is 24.3 Å². The molecule has 1 unspecified atom stereocenters. The number of hydrogen-bond acceptors (Lipinski definition) is 4. The lowest BCUT2D eigenvalue weighted by atomic mass is 10.1. The standard InChI is InChI=1S/C15H14ClFN2O2/c1-9(13-6-4-11(17)8-18-13)19-14-7-10(16)3-5-12(14)15(20)21-2/h3-9,19H,1-2H3. The number of nitrogens with zero attached hydrogens (tertiary/aromatic N) is 1. The highest BCUT2D eigenvalue weighted by molar-refractivity contribution is 6.31. The quantitative estimate of drug-likeness (QED) is 0.872. The minimum Gasteiger partial charge on any atom is -0.465 e. The number of nitrogens with one attached hydrogen (secondary N) is 1. The van der Waals surface area contributed by atoms with Crippen LogP contribution in [0.25, 0.3) is 0 Å². The molecule has 0 fully saturated rings. The van der Waals surface area contributed by atoms with Crippen LogP contribution in [0.5, 0.6) is 0 Å². The van der Waals surface area contributed by atoms with Gasteiger partial charge in [-0.05, 0) is 37.3 Å². The summed E-state index contributed by atoms with van der Waals surface area (Å²) < 4.78 is 17.6. The summed E-state index contributed by atoms with van der Waals surface area (Å²) in [5.74, 6) is -0.864. The van der Waals surface area contributed by atoms with Crippen molar-refractivity contribution >= 4 is 23.3 Å². The monoisotopic (exact) mass is 308 g/mol. The average molecular weight is 309 g/mol. The van der Waals surface area contributed by atoms with Crippen LogP contribution in [0.15, 0.2) is 36.5 Å². The molecule has 0 saturated carbocycles. The number of esters is 1. The highest BCUT2D eigenvalue weighted by Crippen LogP contribution is 2.25. The Labute approximate surface area is 126 Å². The second kappa shape index (κ2) is 6.54. The molecule has 0 aliphatic carbocycles. The van der Waals surface area contributed by atoms with Crippen LogP contribution in [0.1, 0.15) is 29.0 Å². The number of carbonyl (C=O) groups is 1. The van der Waals surface area contributed by atoms with Crippen LogP contribution in [0.3, 0.4) is 0 Å². The maximum atomic E-state index is 12.9. The van der Waals surface area contributed by atoms with Crippen LogP contribution < -0.4 is 5.32 Å². The third-order valence-electron chi connectivity index (χ3n) is 2.95. The molecule has 0 aliphatic rings. The van der Waals surface area contributed by atoms with Crippen molar-refractivity contribution in [2.24, 2.45) is 0 Å². The Bertz CT molecular complexity index is 647. The predicted molar refractivity (Wildman–Crippen MR) is 79.0 cm³/mol. The second-order valence-electron chi connectivity index (χ2n) is 4.45. The molecule has 1 aromatic carbocycles. The van der Waals surface area contributed by atoms with Gasteiger partial charge in [0.05, 0.1) is 36.3 Å². The van der Waals surface area contributed by atoms with E-state index < -0.39 is 11.8 Å². The largest absolute Gasteiger partial charge is 0.465 e. The van der Waals surface area contributed by atoms with E-state index >= 15 is 0 Å². The molecule has 0 radical (unpaired) electrons. The van der Waals surface area contributed by atoms with Gasteiger partial charge in [-0.2, -0.15) is 0 Å². The molecule has 2 rings (SSSR count). The molecule has 6 heteroatoms. The summed E-state index contributed by atoms with van der Waals surface area (Å²) in [6, 6.07) is 7.51. The molecule has 4 nitrogen and oxygen atoms in total. The number of halogens is 2. The Morgan fingerprint density at radius 2 is 2.14 bits per heavy atom. The molecule has 0 aliphatic heterocycles. The molecule has 0 amide bonds. The highest BCUT2D eigenvalue weighted by atomic mass is 35.5. The summed E-state index contributed by atoms with van der Waals surface area (Å²) in [5, 5.41) is 3.62. The zero-order valence-corrected chi connectivity index (χ0v) is 12.3. The molecule has 1 atom stereocenters. The Kier molecular flexibility index (Phi) is 4.75. The highest BCUT2D eigenvalue weighted by Gasteiger charge is 2.15. The number of pyridine rings is 1. The normalized spacial score (nSPS) is 11.8. The van der Waals surface area contributed by atoms with E-state index in [1.165, 1.54) is 13.2 Å². The van der Waals surface area contributed by atoms with E-state index in [2.05, 4.69) is 10.3 Å². The molecule has 0 spiro atoms. The number of rotatable bonds is 4. The van der Waals surface area contributed by atoms with Gasteiger partial charge in [-0.1, -0.05) is 11.6 Å². The van der Waals surface area contributed by atoms with E-state index in [9.17, 15) is 9.18 Å². The first-order valence-corrected chi connectivity index (χ1v) is 6.65. The molecule has 1 N–H and O–H groups in total. The van der Waals surface area contributed by atoms with Crippen molar-refractivity contribution < 1.29 is 13.9 Å². The minimum absolute atomic E-state index is 0.229. The van der Waals surface area contributed by atoms with E-state index in [0.717, 1.165) is 6.20 Å². The van der Waals surface area contributed by atoms with Crippen molar-refractivity contribution in [1.29, 1.82) is 0 Å². The number of anilines is 1. The van der Waals surface area contributed by atoms with Gasteiger partial charge in [-0.25, -0.2) is 9.18 Å². The van der Waals surface area contributed by atoms with Crippen LogP contribution in [0.4, 0.5) is 10.1 Å². The summed E-state index contributed by atoms with van der Waals surface area (Å²) >= 11 is 5.96. The summed E-state index contributed by atoms with van der Waals surface area (Å²) in [5.41, 5.74) is 1.55. The fourth-order valence-corrected chi connectivity index (χ4v) is 2.05. The van der Waals surface area contributed by atoms with Crippen LogP contribution in [0, 0.1) is 5.82 Å². The lowest BCUT2D eigenvalue weighted by Crippen LogP contribution is -2.12. The van der Waals surface area contributed by atoms with Gasteiger partial charge in [0.2, 0.25) is 0 Å².